The van der Waals surface area contributed by atoms with Gasteiger partial charge in [0.15, 0.2) is 11.2 Å². The second-order valence-corrected chi connectivity index (χ2v) is 5.56. The summed E-state index contributed by atoms with van der Waals surface area (Å²) in [7, 11) is 0. The maximum Gasteiger partial charge on any atom is 0.234 e. The van der Waals surface area contributed by atoms with Crippen LogP contribution in [0, 0.1) is 5.82 Å². The van der Waals surface area contributed by atoms with Gasteiger partial charge in [0, 0.05) is 12.2 Å². The third-order valence-electron chi connectivity index (χ3n) is 3.03. The fourth-order valence-corrected chi connectivity index (χ4v) is 2.68. The van der Waals surface area contributed by atoms with E-state index < -0.39 is 0 Å². The van der Waals surface area contributed by atoms with E-state index in [1.165, 1.54) is 42.4 Å². The number of carbonyl (C=O) groups is 1. The lowest BCUT2D eigenvalue weighted by Crippen LogP contribution is -2.14. The highest BCUT2D eigenvalue weighted by atomic mass is 32.2. The number of amides is 1. The Morgan fingerprint density at radius 3 is 2.83 bits per heavy atom. The number of nitrogens with one attached hydrogen (secondary N) is 1. The molecule has 0 unspecified atom stereocenters. The van der Waals surface area contributed by atoms with Gasteiger partial charge in [-0.25, -0.2) is 19.0 Å². The Balaban J connectivity index is 1.67. The summed E-state index contributed by atoms with van der Waals surface area (Å²) in [5, 5.41) is 11.3. The first-order chi connectivity index (χ1) is 11.2. The molecule has 0 atom stereocenters. The van der Waals surface area contributed by atoms with Crippen LogP contribution in [-0.2, 0) is 11.3 Å². The third-order valence-corrected chi connectivity index (χ3v) is 4.01. The molecule has 0 bridgehead atoms. The van der Waals surface area contributed by atoms with Gasteiger partial charge in [0.05, 0.1) is 5.75 Å². The Morgan fingerprint density at radius 2 is 2.09 bits per heavy atom. The molecule has 0 fully saturated rings. The summed E-state index contributed by atoms with van der Waals surface area (Å²) in [6.45, 7) is 2.60. The zero-order chi connectivity index (χ0) is 16.2. The van der Waals surface area contributed by atoms with E-state index in [1.54, 1.807) is 4.68 Å². The predicted molar refractivity (Wildman–Crippen MR) is 84.5 cm³/mol. The average Bonchev–Trinajstić information content (AvgIpc) is 2.99. The number of anilines is 1. The summed E-state index contributed by atoms with van der Waals surface area (Å²) in [6, 6.07) is 5.60. The molecule has 0 aliphatic heterocycles. The van der Waals surface area contributed by atoms with Crippen LogP contribution in [0.15, 0.2) is 35.6 Å². The van der Waals surface area contributed by atoms with Crippen molar-refractivity contribution in [3.63, 3.8) is 0 Å². The quantitative estimate of drug-likeness (QED) is 0.569. The van der Waals surface area contributed by atoms with E-state index in [0.717, 1.165) is 0 Å². The number of thioether (sulfide) groups is 1. The van der Waals surface area contributed by atoms with Crippen molar-refractivity contribution in [3.8, 4) is 0 Å². The highest BCUT2D eigenvalue weighted by Gasteiger charge is 2.13. The van der Waals surface area contributed by atoms with E-state index in [1.807, 2.05) is 6.92 Å². The van der Waals surface area contributed by atoms with E-state index in [4.69, 9.17) is 0 Å². The maximum absolute atomic E-state index is 12.8. The number of hydrogen-bond acceptors (Lipinski definition) is 6. The standard InChI is InChI=1S/C14H13FN6OS/c1-2-21-13-12(19-20-21)14(17-8-16-13)23-7-11(22)18-10-5-3-9(15)4-6-10/h3-6,8H,2,7H2,1H3,(H,18,22). The van der Waals surface area contributed by atoms with E-state index in [0.29, 0.717) is 28.4 Å². The molecule has 0 radical (unpaired) electrons. The molecular formula is C14H13FN6OS. The number of benzene rings is 1. The molecule has 0 saturated carbocycles. The lowest BCUT2D eigenvalue weighted by atomic mass is 10.3. The molecule has 118 valence electrons. The largest absolute Gasteiger partial charge is 0.325 e. The molecule has 0 saturated heterocycles. The van der Waals surface area contributed by atoms with Crippen LogP contribution in [0.1, 0.15) is 6.92 Å². The van der Waals surface area contributed by atoms with Crippen LogP contribution in [0.3, 0.4) is 0 Å². The molecule has 0 aliphatic rings. The minimum absolute atomic E-state index is 0.155. The Kier molecular flexibility index (Phi) is 4.47. The highest BCUT2D eigenvalue weighted by Crippen LogP contribution is 2.22. The third kappa shape index (κ3) is 3.45. The van der Waals surface area contributed by atoms with E-state index in [9.17, 15) is 9.18 Å². The van der Waals surface area contributed by atoms with Crippen LogP contribution < -0.4 is 5.32 Å². The van der Waals surface area contributed by atoms with Crippen molar-refractivity contribution in [1.82, 2.24) is 25.0 Å². The molecule has 0 aliphatic carbocycles. The van der Waals surface area contributed by atoms with E-state index in [-0.39, 0.29) is 17.5 Å². The van der Waals surface area contributed by atoms with Gasteiger partial charge in [-0.3, -0.25) is 4.79 Å². The van der Waals surface area contributed by atoms with Gasteiger partial charge in [-0.2, -0.15) is 0 Å². The number of rotatable bonds is 5. The normalized spacial score (nSPS) is 10.9. The number of aromatic nitrogens is 5. The summed E-state index contributed by atoms with van der Waals surface area (Å²) in [5.41, 5.74) is 1.76. The zero-order valence-corrected chi connectivity index (χ0v) is 13.0. The van der Waals surface area contributed by atoms with Gasteiger partial charge >= 0.3 is 0 Å². The molecule has 0 spiro atoms. The fourth-order valence-electron chi connectivity index (χ4n) is 1.95. The van der Waals surface area contributed by atoms with Crippen molar-refractivity contribution in [2.75, 3.05) is 11.1 Å². The van der Waals surface area contributed by atoms with Crippen LogP contribution in [0.25, 0.3) is 11.2 Å². The van der Waals surface area contributed by atoms with Crippen LogP contribution in [0.4, 0.5) is 10.1 Å². The second-order valence-electron chi connectivity index (χ2n) is 4.60. The lowest BCUT2D eigenvalue weighted by molar-refractivity contribution is -0.113. The molecule has 1 aromatic carbocycles. The molecule has 2 heterocycles. The first-order valence-corrected chi connectivity index (χ1v) is 7.88. The maximum atomic E-state index is 12.8. The van der Waals surface area contributed by atoms with Gasteiger partial charge in [0.1, 0.15) is 17.2 Å². The van der Waals surface area contributed by atoms with Crippen LogP contribution in [0.5, 0.6) is 0 Å². The molecule has 9 heteroatoms. The molecule has 1 amide bonds. The number of nitrogens with zero attached hydrogens (tertiary/aromatic N) is 5. The number of fused-ring (bicyclic) bond motifs is 1. The zero-order valence-electron chi connectivity index (χ0n) is 12.2. The van der Waals surface area contributed by atoms with Gasteiger partial charge in [-0.05, 0) is 31.2 Å². The van der Waals surface area contributed by atoms with Crippen molar-refractivity contribution in [2.24, 2.45) is 0 Å². The Bertz CT molecular complexity index is 835. The van der Waals surface area contributed by atoms with Crippen molar-refractivity contribution >= 4 is 34.5 Å². The predicted octanol–water partition coefficient (Wildman–Crippen LogP) is 2.11. The summed E-state index contributed by atoms with van der Waals surface area (Å²) >= 11 is 1.25. The highest BCUT2D eigenvalue weighted by molar-refractivity contribution is 8.00. The first kappa shape index (κ1) is 15.3. The fraction of sp³-hybridized carbons (Fsp3) is 0.214. The molecule has 1 N–H and O–H groups in total. The van der Waals surface area contributed by atoms with Crippen LogP contribution >= 0.6 is 11.8 Å². The van der Waals surface area contributed by atoms with Crippen molar-refractivity contribution in [3.05, 3.63) is 36.4 Å². The number of aryl methyl sites for hydroxylation is 1. The van der Waals surface area contributed by atoms with Crippen molar-refractivity contribution in [1.29, 1.82) is 0 Å². The van der Waals surface area contributed by atoms with Crippen LogP contribution in [-0.4, -0.2) is 36.6 Å². The summed E-state index contributed by atoms with van der Waals surface area (Å²) in [4.78, 5) is 20.3. The van der Waals surface area contributed by atoms with Crippen LogP contribution in [0.2, 0.25) is 0 Å². The van der Waals surface area contributed by atoms with Gasteiger partial charge < -0.3 is 5.32 Å². The van der Waals surface area contributed by atoms with E-state index >= 15 is 0 Å². The first-order valence-electron chi connectivity index (χ1n) is 6.89. The van der Waals surface area contributed by atoms with Crippen molar-refractivity contribution < 1.29 is 9.18 Å². The molecule has 2 aromatic heterocycles. The molecule has 3 aromatic rings. The summed E-state index contributed by atoms with van der Waals surface area (Å²) < 4.78 is 14.5. The minimum Gasteiger partial charge on any atom is -0.325 e. The SMILES string of the molecule is CCn1nnc2c(SCC(=O)Nc3ccc(F)cc3)ncnc21. The van der Waals surface area contributed by atoms with E-state index in [2.05, 4.69) is 25.6 Å². The molecular weight excluding hydrogens is 319 g/mol. The van der Waals surface area contributed by atoms with Gasteiger partial charge in [-0.1, -0.05) is 17.0 Å². The van der Waals surface area contributed by atoms with Gasteiger partial charge in [0.2, 0.25) is 5.91 Å². The lowest BCUT2D eigenvalue weighted by Gasteiger charge is -2.05. The Morgan fingerprint density at radius 1 is 1.30 bits per heavy atom. The average molecular weight is 332 g/mol. The summed E-state index contributed by atoms with van der Waals surface area (Å²) in [5.74, 6) is -0.404. The monoisotopic (exact) mass is 332 g/mol. The molecule has 3 rings (SSSR count). The molecule has 7 nitrogen and oxygen atoms in total. The smallest absolute Gasteiger partial charge is 0.234 e. The van der Waals surface area contributed by atoms with Crippen molar-refractivity contribution in [2.45, 2.75) is 18.5 Å². The minimum atomic E-state index is -0.347. The second kappa shape index (κ2) is 6.69. The number of halogens is 1. The Labute approximate surface area is 135 Å². The molecule has 23 heavy (non-hydrogen) atoms. The van der Waals surface area contributed by atoms with Gasteiger partial charge in [0.25, 0.3) is 0 Å². The topological polar surface area (TPSA) is 85.6 Å². The Hall–Kier alpha value is -2.55. The van der Waals surface area contributed by atoms with Gasteiger partial charge in [-0.15, -0.1) is 5.10 Å². The number of hydrogen-bond donors (Lipinski definition) is 1. The number of carbonyl (C=O) groups excluding carboxylic acids is 1. The summed E-state index contributed by atoms with van der Waals surface area (Å²) in [6.07, 6.45) is 1.43.